The first kappa shape index (κ1) is 11.5. The zero-order chi connectivity index (χ0) is 7.40. The molecule has 0 amide bonds. The van der Waals surface area contributed by atoms with Crippen LogP contribution in [0.1, 0.15) is 23.7 Å². The van der Waals surface area contributed by atoms with Gasteiger partial charge in [0.2, 0.25) is 0 Å². The van der Waals surface area contributed by atoms with Crippen molar-refractivity contribution in [2.45, 2.75) is 18.2 Å². The first-order chi connectivity index (χ1) is 4.84. The summed E-state index contributed by atoms with van der Waals surface area (Å²) in [5.41, 5.74) is 1.37. The smallest absolute Gasteiger partial charge is 0.0839 e. The fourth-order valence-corrected chi connectivity index (χ4v) is 1.20. The third-order valence-corrected chi connectivity index (χ3v) is 2.70. The van der Waals surface area contributed by atoms with E-state index >= 15 is 0 Å². The molecule has 0 aromatic heterocycles. The van der Waals surface area contributed by atoms with Gasteiger partial charge in [-0.05, 0) is 12.0 Å². The van der Waals surface area contributed by atoms with Gasteiger partial charge < -0.3 is 0 Å². The fourth-order valence-electron chi connectivity index (χ4n) is 0.898. The summed E-state index contributed by atoms with van der Waals surface area (Å²) < 4.78 is 0. The molecule has 0 aliphatic carbocycles. The molecular weight excluding hydrogens is 212 g/mol. The number of alkyl halides is 1. The SMILES string of the molecule is CCC(Br)c1ccccc1.[MgH2]. The van der Waals surface area contributed by atoms with E-state index in [0.29, 0.717) is 4.83 Å². The van der Waals surface area contributed by atoms with E-state index in [4.69, 9.17) is 0 Å². The van der Waals surface area contributed by atoms with Crippen molar-refractivity contribution in [1.29, 1.82) is 0 Å². The van der Waals surface area contributed by atoms with Crippen LogP contribution in [0.5, 0.6) is 0 Å². The van der Waals surface area contributed by atoms with Gasteiger partial charge in [0.1, 0.15) is 0 Å². The Hall–Kier alpha value is 0.466. The molecule has 0 bridgehead atoms. The molecule has 0 spiro atoms. The maximum absolute atomic E-state index is 3.58. The summed E-state index contributed by atoms with van der Waals surface area (Å²) in [6, 6.07) is 10.5. The van der Waals surface area contributed by atoms with Crippen molar-refractivity contribution in [3.8, 4) is 0 Å². The van der Waals surface area contributed by atoms with E-state index in [-0.39, 0.29) is 23.1 Å². The average molecular weight is 225 g/mol. The molecule has 11 heavy (non-hydrogen) atoms. The Bertz CT molecular complexity index is 186. The highest BCUT2D eigenvalue weighted by Crippen LogP contribution is 2.24. The quantitative estimate of drug-likeness (QED) is 0.536. The minimum atomic E-state index is 0. The van der Waals surface area contributed by atoms with Crippen LogP contribution >= 0.6 is 15.9 Å². The summed E-state index contributed by atoms with van der Waals surface area (Å²) >= 11 is 3.58. The summed E-state index contributed by atoms with van der Waals surface area (Å²) in [6.45, 7) is 2.17. The maximum Gasteiger partial charge on any atom is 0.316 e. The summed E-state index contributed by atoms with van der Waals surface area (Å²) in [6.07, 6.45) is 1.14. The van der Waals surface area contributed by atoms with E-state index in [2.05, 4.69) is 47.1 Å². The van der Waals surface area contributed by atoms with Crippen molar-refractivity contribution in [2.24, 2.45) is 0 Å². The van der Waals surface area contributed by atoms with Gasteiger partial charge in [-0.2, -0.15) is 0 Å². The molecule has 1 aromatic carbocycles. The lowest BCUT2D eigenvalue weighted by Gasteiger charge is -2.04. The number of rotatable bonds is 2. The molecule has 0 nitrogen and oxygen atoms in total. The van der Waals surface area contributed by atoms with Crippen LogP contribution < -0.4 is 0 Å². The standard InChI is InChI=1S/C9H11Br.Mg.2H/c1-2-9(10)8-6-4-3-5-7-8;;;/h3-7,9H,2H2,1H3;;;. The first-order valence-corrected chi connectivity index (χ1v) is 4.45. The lowest BCUT2D eigenvalue weighted by molar-refractivity contribution is 0.911. The highest BCUT2D eigenvalue weighted by Gasteiger charge is 2.00. The van der Waals surface area contributed by atoms with Crippen LogP contribution in [-0.2, 0) is 0 Å². The average Bonchev–Trinajstić information content (AvgIpc) is 2.05. The number of halogens is 1. The van der Waals surface area contributed by atoms with Crippen molar-refractivity contribution >= 4 is 39.0 Å². The molecule has 0 heterocycles. The molecule has 1 aromatic rings. The van der Waals surface area contributed by atoms with Crippen molar-refractivity contribution in [3.63, 3.8) is 0 Å². The monoisotopic (exact) mass is 224 g/mol. The molecule has 0 aliphatic rings. The van der Waals surface area contributed by atoms with E-state index in [0.717, 1.165) is 6.42 Å². The highest BCUT2D eigenvalue weighted by atomic mass is 79.9. The second-order valence-corrected chi connectivity index (χ2v) is 3.39. The molecule has 0 aliphatic heterocycles. The molecule has 0 fully saturated rings. The van der Waals surface area contributed by atoms with Crippen LogP contribution in [0.15, 0.2) is 30.3 Å². The van der Waals surface area contributed by atoms with Gasteiger partial charge in [0.25, 0.3) is 0 Å². The van der Waals surface area contributed by atoms with E-state index in [1.165, 1.54) is 5.56 Å². The summed E-state index contributed by atoms with van der Waals surface area (Å²) in [5.74, 6) is 0. The Balaban J connectivity index is 0.000001000. The number of hydrogen-bond donors (Lipinski definition) is 0. The normalized spacial score (nSPS) is 11.8. The molecule has 1 atom stereocenters. The number of benzene rings is 1. The van der Waals surface area contributed by atoms with E-state index in [1.54, 1.807) is 0 Å². The van der Waals surface area contributed by atoms with Crippen LogP contribution in [0, 0.1) is 0 Å². The minimum absolute atomic E-state index is 0. The summed E-state index contributed by atoms with van der Waals surface area (Å²) in [5, 5.41) is 0. The van der Waals surface area contributed by atoms with Gasteiger partial charge in [0.15, 0.2) is 0 Å². The molecule has 0 N–H and O–H groups in total. The topological polar surface area (TPSA) is 0 Å². The van der Waals surface area contributed by atoms with Crippen molar-refractivity contribution in [3.05, 3.63) is 35.9 Å². The van der Waals surface area contributed by atoms with Gasteiger partial charge >= 0.3 is 23.1 Å². The van der Waals surface area contributed by atoms with Crippen molar-refractivity contribution < 1.29 is 0 Å². The molecule has 0 saturated heterocycles. The summed E-state index contributed by atoms with van der Waals surface area (Å²) in [4.78, 5) is 0.522. The van der Waals surface area contributed by atoms with E-state index < -0.39 is 0 Å². The maximum atomic E-state index is 3.58. The fraction of sp³-hybridized carbons (Fsp3) is 0.333. The molecule has 1 unspecified atom stereocenters. The third kappa shape index (κ3) is 3.58. The van der Waals surface area contributed by atoms with Crippen LogP contribution in [0.3, 0.4) is 0 Å². The predicted molar refractivity (Wildman–Crippen MR) is 56.9 cm³/mol. The van der Waals surface area contributed by atoms with Gasteiger partial charge in [0, 0.05) is 4.83 Å². The second kappa shape index (κ2) is 6.03. The Morgan fingerprint density at radius 3 is 2.27 bits per heavy atom. The zero-order valence-corrected chi connectivity index (χ0v) is 7.64. The molecule has 0 radical (unpaired) electrons. The van der Waals surface area contributed by atoms with Gasteiger partial charge in [-0.1, -0.05) is 53.2 Å². The van der Waals surface area contributed by atoms with Gasteiger partial charge in [0.05, 0.1) is 0 Å². The van der Waals surface area contributed by atoms with Gasteiger partial charge in [-0.3, -0.25) is 0 Å². The Labute approximate surface area is 92.7 Å². The number of hydrogen-bond acceptors (Lipinski definition) is 0. The van der Waals surface area contributed by atoms with Crippen LogP contribution in [-0.4, -0.2) is 23.1 Å². The van der Waals surface area contributed by atoms with Gasteiger partial charge in [-0.15, -0.1) is 0 Å². The Morgan fingerprint density at radius 1 is 1.27 bits per heavy atom. The van der Waals surface area contributed by atoms with Crippen LogP contribution in [0.4, 0.5) is 0 Å². The highest BCUT2D eigenvalue weighted by molar-refractivity contribution is 9.09. The minimum Gasteiger partial charge on any atom is -0.0839 e. The van der Waals surface area contributed by atoms with E-state index in [9.17, 15) is 0 Å². The zero-order valence-electron chi connectivity index (χ0n) is 6.05. The molecular formula is C9H13BrMg. The molecule has 0 saturated carbocycles. The lowest BCUT2D eigenvalue weighted by atomic mass is 10.1. The predicted octanol–water partition coefficient (Wildman–Crippen LogP) is 2.62. The van der Waals surface area contributed by atoms with Crippen LogP contribution in [0.25, 0.3) is 0 Å². The first-order valence-electron chi connectivity index (χ1n) is 3.53. The lowest BCUT2D eigenvalue weighted by Crippen LogP contribution is -1.84. The molecule has 1 rings (SSSR count). The third-order valence-electron chi connectivity index (χ3n) is 1.52. The van der Waals surface area contributed by atoms with Crippen LogP contribution in [0.2, 0.25) is 0 Å². The molecule has 2 heteroatoms. The molecule has 58 valence electrons. The Kier molecular flexibility index (Phi) is 6.29. The van der Waals surface area contributed by atoms with Gasteiger partial charge in [-0.25, -0.2) is 0 Å². The van der Waals surface area contributed by atoms with Crippen molar-refractivity contribution in [1.82, 2.24) is 0 Å². The van der Waals surface area contributed by atoms with Crippen molar-refractivity contribution in [2.75, 3.05) is 0 Å². The second-order valence-electron chi connectivity index (χ2n) is 2.29. The Morgan fingerprint density at radius 2 is 1.82 bits per heavy atom. The largest absolute Gasteiger partial charge is 0.316 e. The van der Waals surface area contributed by atoms with E-state index in [1.807, 2.05) is 6.07 Å². The summed E-state index contributed by atoms with van der Waals surface area (Å²) in [7, 11) is 0.